The Balaban J connectivity index is 1.83. The van der Waals surface area contributed by atoms with Crippen molar-refractivity contribution in [3.05, 3.63) is 71.3 Å². The number of aryl methyl sites for hydroxylation is 1. The molecule has 1 aliphatic rings. The molecule has 0 aliphatic carbocycles. The first kappa shape index (κ1) is 16.2. The van der Waals surface area contributed by atoms with Gasteiger partial charge in [0, 0.05) is 32.7 Å². The van der Waals surface area contributed by atoms with Crippen LogP contribution >= 0.6 is 0 Å². The van der Waals surface area contributed by atoms with Crippen LogP contribution in [0.4, 0.5) is 0 Å². The summed E-state index contributed by atoms with van der Waals surface area (Å²) in [7, 11) is 0. The summed E-state index contributed by atoms with van der Waals surface area (Å²) in [6.07, 6.45) is 0. The second kappa shape index (κ2) is 7.73. The van der Waals surface area contributed by atoms with Gasteiger partial charge in [-0.2, -0.15) is 0 Å². The van der Waals surface area contributed by atoms with E-state index in [-0.39, 0.29) is 6.61 Å². The van der Waals surface area contributed by atoms with E-state index in [1.807, 2.05) is 0 Å². The zero-order valence-electron chi connectivity index (χ0n) is 13.9. The van der Waals surface area contributed by atoms with Crippen molar-refractivity contribution >= 4 is 0 Å². The van der Waals surface area contributed by atoms with Crippen molar-refractivity contribution in [3.63, 3.8) is 0 Å². The van der Waals surface area contributed by atoms with Gasteiger partial charge in [-0.15, -0.1) is 0 Å². The van der Waals surface area contributed by atoms with Crippen LogP contribution in [0.15, 0.2) is 54.6 Å². The highest BCUT2D eigenvalue weighted by Crippen LogP contribution is 2.29. The molecule has 0 saturated carbocycles. The maximum atomic E-state index is 9.12. The summed E-state index contributed by atoms with van der Waals surface area (Å²) in [5, 5.41) is 9.12. The largest absolute Gasteiger partial charge is 0.395 e. The molecule has 0 bridgehead atoms. The van der Waals surface area contributed by atoms with E-state index in [1.165, 1.54) is 16.7 Å². The summed E-state index contributed by atoms with van der Waals surface area (Å²) in [5.74, 6) is 0. The number of benzene rings is 2. The number of β-amino-alcohol motifs (C(OH)–C–C–N with tert-alkyl or cyclic N) is 1. The highest BCUT2D eigenvalue weighted by molar-refractivity contribution is 5.33. The molecule has 3 rings (SSSR count). The molecule has 0 amide bonds. The van der Waals surface area contributed by atoms with Gasteiger partial charge >= 0.3 is 0 Å². The monoisotopic (exact) mass is 310 g/mol. The Labute approximate surface area is 139 Å². The quantitative estimate of drug-likeness (QED) is 0.920. The smallest absolute Gasteiger partial charge is 0.0602 e. The Hall–Kier alpha value is -1.68. The Bertz CT molecular complexity index is 589. The van der Waals surface area contributed by atoms with Crippen LogP contribution in [0.1, 0.15) is 22.7 Å². The minimum Gasteiger partial charge on any atom is -0.395 e. The number of piperazine rings is 1. The lowest BCUT2D eigenvalue weighted by molar-refractivity contribution is 0.0944. The zero-order chi connectivity index (χ0) is 16.1. The summed E-state index contributed by atoms with van der Waals surface area (Å²) in [6, 6.07) is 20.0. The SMILES string of the molecule is Cc1ccc(C(c2ccccc2)N2CCN(CCO)CC2)cc1. The number of nitrogens with zero attached hydrogens (tertiary/aromatic N) is 2. The van der Waals surface area contributed by atoms with E-state index in [9.17, 15) is 0 Å². The summed E-state index contributed by atoms with van der Waals surface area (Å²) in [4.78, 5) is 4.90. The second-order valence-corrected chi connectivity index (χ2v) is 6.33. The Morgan fingerprint density at radius 1 is 0.870 bits per heavy atom. The lowest BCUT2D eigenvalue weighted by Crippen LogP contribution is -2.48. The van der Waals surface area contributed by atoms with Crippen LogP contribution in [-0.4, -0.2) is 54.2 Å². The molecular weight excluding hydrogens is 284 g/mol. The highest BCUT2D eigenvalue weighted by atomic mass is 16.3. The fourth-order valence-electron chi connectivity index (χ4n) is 3.38. The molecular formula is C20H26N2O. The van der Waals surface area contributed by atoms with E-state index >= 15 is 0 Å². The summed E-state index contributed by atoms with van der Waals surface area (Å²) in [5.41, 5.74) is 4.01. The molecule has 3 heteroatoms. The van der Waals surface area contributed by atoms with Gasteiger partial charge < -0.3 is 5.11 Å². The van der Waals surface area contributed by atoms with Crippen molar-refractivity contribution < 1.29 is 5.11 Å². The Morgan fingerprint density at radius 3 is 2.09 bits per heavy atom. The van der Waals surface area contributed by atoms with Crippen molar-refractivity contribution in [2.45, 2.75) is 13.0 Å². The standard InChI is InChI=1S/C20H26N2O/c1-17-7-9-19(10-8-17)20(18-5-3-2-4-6-18)22-13-11-21(12-14-22)15-16-23/h2-10,20,23H,11-16H2,1H3. The highest BCUT2D eigenvalue weighted by Gasteiger charge is 2.25. The molecule has 2 aromatic carbocycles. The predicted octanol–water partition coefficient (Wildman–Crippen LogP) is 2.69. The maximum Gasteiger partial charge on any atom is 0.0602 e. The van der Waals surface area contributed by atoms with Crippen LogP contribution in [0, 0.1) is 6.92 Å². The molecule has 1 saturated heterocycles. The van der Waals surface area contributed by atoms with Gasteiger partial charge in [0.15, 0.2) is 0 Å². The van der Waals surface area contributed by atoms with Gasteiger partial charge in [-0.25, -0.2) is 0 Å². The van der Waals surface area contributed by atoms with Gasteiger partial charge in [-0.3, -0.25) is 9.80 Å². The predicted molar refractivity (Wildman–Crippen MR) is 94.6 cm³/mol. The fourth-order valence-corrected chi connectivity index (χ4v) is 3.38. The lowest BCUT2D eigenvalue weighted by Gasteiger charge is -2.39. The van der Waals surface area contributed by atoms with Gasteiger partial charge in [0.05, 0.1) is 12.6 Å². The van der Waals surface area contributed by atoms with Gasteiger partial charge in [0.1, 0.15) is 0 Å². The molecule has 1 heterocycles. The van der Waals surface area contributed by atoms with Crippen LogP contribution in [-0.2, 0) is 0 Å². The van der Waals surface area contributed by atoms with Gasteiger partial charge in [-0.05, 0) is 18.1 Å². The Morgan fingerprint density at radius 2 is 1.48 bits per heavy atom. The van der Waals surface area contributed by atoms with Crippen LogP contribution in [0.3, 0.4) is 0 Å². The molecule has 1 N–H and O–H groups in total. The molecule has 1 unspecified atom stereocenters. The molecule has 1 atom stereocenters. The van der Waals surface area contributed by atoms with Gasteiger partial charge in [-0.1, -0.05) is 60.2 Å². The number of rotatable bonds is 5. The maximum absolute atomic E-state index is 9.12. The average molecular weight is 310 g/mol. The van der Waals surface area contributed by atoms with E-state index < -0.39 is 0 Å². The Kier molecular flexibility index (Phi) is 5.44. The summed E-state index contributed by atoms with van der Waals surface area (Å²) >= 11 is 0. The lowest BCUT2D eigenvalue weighted by atomic mass is 9.95. The van der Waals surface area contributed by atoms with Gasteiger partial charge in [0.2, 0.25) is 0 Å². The third kappa shape index (κ3) is 3.99. The van der Waals surface area contributed by atoms with Crippen molar-refractivity contribution in [2.24, 2.45) is 0 Å². The minimum atomic E-state index is 0.250. The first-order chi connectivity index (χ1) is 11.3. The number of aliphatic hydroxyl groups is 1. The summed E-state index contributed by atoms with van der Waals surface area (Å²) in [6.45, 7) is 7.29. The van der Waals surface area contributed by atoms with E-state index in [1.54, 1.807) is 0 Å². The molecule has 2 aromatic rings. The van der Waals surface area contributed by atoms with Crippen LogP contribution in [0.2, 0.25) is 0 Å². The molecule has 0 aromatic heterocycles. The van der Waals surface area contributed by atoms with E-state index in [0.29, 0.717) is 6.04 Å². The van der Waals surface area contributed by atoms with Crippen molar-refractivity contribution in [3.8, 4) is 0 Å². The third-order valence-corrected chi connectivity index (χ3v) is 4.70. The van der Waals surface area contributed by atoms with Crippen LogP contribution in [0.5, 0.6) is 0 Å². The van der Waals surface area contributed by atoms with Crippen molar-refractivity contribution in [1.29, 1.82) is 0 Å². The first-order valence-corrected chi connectivity index (χ1v) is 8.46. The summed E-state index contributed by atoms with van der Waals surface area (Å²) < 4.78 is 0. The number of hydrogen-bond donors (Lipinski definition) is 1. The van der Waals surface area contributed by atoms with Gasteiger partial charge in [0.25, 0.3) is 0 Å². The topological polar surface area (TPSA) is 26.7 Å². The molecule has 122 valence electrons. The zero-order valence-corrected chi connectivity index (χ0v) is 13.9. The number of hydrogen-bond acceptors (Lipinski definition) is 3. The van der Waals surface area contributed by atoms with Crippen LogP contribution in [0.25, 0.3) is 0 Å². The van der Waals surface area contributed by atoms with Crippen LogP contribution < -0.4 is 0 Å². The third-order valence-electron chi connectivity index (χ3n) is 4.70. The molecule has 23 heavy (non-hydrogen) atoms. The van der Waals surface area contributed by atoms with Crippen molar-refractivity contribution in [2.75, 3.05) is 39.3 Å². The average Bonchev–Trinajstić information content (AvgIpc) is 2.60. The number of aliphatic hydroxyl groups excluding tert-OH is 1. The molecule has 3 nitrogen and oxygen atoms in total. The molecule has 0 spiro atoms. The van der Waals surface area contributed by atoms with E-state index in [4.69, 9.17) is 5.11 Å². The normalized spacial score (nSPS) is 18.0. The molecule has 1 aliphatic heterocycles. The van der Waals surface area contributed by atoms with E-state index in [0.717, 1.165) is 32.7 Å². The van der Waals surface area contributed by atoms with Crippen molar-refractivity contribution in [1.82, 2.24) is 9.80 Å². The molecule has 1 fully saturated rings. The minimum absolute atomic E-state index is 0.250. The first-order valence-electron chi connectivity index (χ1n) is 8.46. The molecule has 0 radical (unpaired) electrons. The fraction of sp³-hybridized carbons (Fsp3) is 0.400. The van der Waals surface area contributed by atoms with E-state index in [2.05, 4.69) is 71.3 Å². The second-order valence-electron chi connectivity index (χ2n) is 6.33.